The smallest absolute Gasteiger partial charge is 0.338 e. The average Bonchev–Trinajstić information content (AvgIpc) is 2.83. The van der Waals surface area contributed by atoms with E-state index < -0.39 is 28.4 Å². The Hall–Kier alpha value is -3.89. The monoisotopic (exact) mass is 500 g/mol. The van der Waals surface area contributed by atoms with Crippen molar-refractivity contribution in [1.82, 2.24) is 0 Å². The first-order valence-corrected chi connectivity index (χ1v) is 11.7. The van der Waals surface area contributed by atoms with Gasteiger partial charge in [-0.15, -0.1) is 0 Å². The highest BCUT2D eigenvalue weighted by Crippen LogP contribution is 2.28. The van der Waals surface area contributed by atoms with E-state index in [-0.39, 0.29) is 28.5 Å². The molecule has 0 bridgehead atoms. The number of Topliss-reactive ketones (excluding diaryl/α,β-unsaturated/α-hetero) is 1. The topological polar surface area (TPSA) is 128 Å². The third-order valence-corrected chi connectivity index (χ3v) is 6.38. The molecule has 0 aliphatic carbocycles. The van der Waals surface area contributed by atoms with Crippen molar-refractivity contribution >= 4 is 50.7 Å². The van der Waals surface area contributed by atoms with Gasteiger partial charge in [-0.1, -0.05) is 17.7 Å². The normalized spacial score (nSPS) is 12.7. The van der Waals surface area contributed by atoms with Gasteiger partial charge in [-0.05, 0) is 60.7 Å². The molecule has 1 aliphatic rings. The fourth-order valence-electron chi connectivity index (χ4n) is 3.08. The van der Waals surface area contributed by atoms with Crippen LogP contribution in [0.1, 0.15) is 20.7 Å². The standard InChI is InChI=1S/C23H17ClN2O7S/c24-16-5-7-17(8-6-16)26-34(30,31)18-3-1-2-15(10-18)23(29)33-12-20(27)14-4-9-21-19(11-14)25-22(28)13-32-21/h1-11,26H,12-13H2,(H,25,28). The van der Waals surface area contributed by atoms with Crippen molar-refractivity contribution in [2.45, 2.75) is 4.90 Å². The van der Waals surface area contributed by atoms with E-state index >= 15 is 0 Å². The number of hydrogen-bond donors (Lipinski definition) is 2. The van der Waals surface area contributed by atoms with Crippen LogP contribution in [0, 0.1) is 0 Å². The highest BCUT2D eigenvalue weighted by Gasteiger charge is 2.20. The number of fused-ring (bicyclic) bond motifs is 1. The molecule has 1 amide bonds. The number of sulfonamides is 1. The summed E-state index contributed by atoms with van der Waals surface area (Å²) < 4.78 is 38.0. The number of amides is 1. The van der Waals surface area contributed by atoms with Crippen LogP contribution in [0.4, 0.5) is 11.4 Å². The summed E-state index contributed by atoms with van der Waals surface area (Å²) in [5.74, 6) is -1.29. The van der Waals surface area contributed by atoms with Crippen molar-refractivity contribution in [1.29, 1.82) is 0 Å². The van der Waals surface area contributed by atoms with Crippen LogP contribution in [0.3, 0.4) is 0 Å². The number of benzene rings is 3. The van der Waals surface area contributed by atoms with Gasteiger partial charge in [0.15, 0.2) is 19.0 Å². The minimum Gasteiger partial charge on any atom is -0.482 e. The van der Waals surface area contributed by atoms with E-state index in [1.807, 2.05) is 0 Å². The van der Waals surface area contributed by atoms with Crippen molar-refractivity contribution in [2.24, 2.45) is 0 Å². The number of carbonyl (C=O) groups excluding carboxylic acids is 3. The first-order chi connectivity index (χ1) is 16.2. The van der Waals surface area contributed by atoms with Crippen LogP contribution >= 0.6 is 11.6 Å². The number of anilines is 2. The van der Waals surface area contributed by atoms with E-state index in [2.05, 4.69) is 10.0 Å². The second-order valence-electron chi connectivity index (χ2n) is 7.19. The lowest BCUT2D eigenvalue weighted by Gasteiger charge is -2.18. The molecule has 0 atom stereocenters. The van der Waals surface area contributed by atoms with E-state index in [0.29, 0.717) is 22.1 Å². The number of ketones is 1. The minimum atomic E-state index is -3.98. The van der Waals surface area contributed by atoms with Crippen LogP contribution < -0.4 is 14.8 Å². The number of hydrogen-bond acceptors (Lipinski definition) is 7. The Bertz CT molecular complexity index is 1390. The van der Waals surface area contributed by atoms with Crippen molar-refractivity contribution in [3.63, 3.8) is 0 Å². The predicted octanol–water partition coefficient (Wildman–Crippen LogP) is 3.51. The van der Waals surface area contributed by atoms with Crippen LogP contribution in [-0.4, -0.2) is 39.3 Å². The average molecular weight is 501 g/mol. The van der Waals surface area contributed by atoms with Crippen molar-refractivity contribution in [3.8, 4) is 5.75 Å². The number of halogens is 1. The molecule has 9 nitrogen and oxygen atoms in total. The molecule has 3 aromatic carbocycles. The Morgan fingerprint density at radius 2 is 1.79 bits per heavy atom. The molecule has 34 heavy (non-hydrogen) atoms. The lowest BCUT2D eigenvalue weighted by Crippen LogP contribution is -2.25. The van der Waals surface area contributed by atoms with Crippen molar-refractivity contribution in [3.05, 3.63) is 82.9 Å². The van der Waals surface area contributed by atoms with E-state index in [1.165, 1.54) is 60.7 Å². The van der Waals surface area contributed by atoms with Gasteiger partial charge < -0.3 is 14.8 Å². The maximum Gasteiger partial charge on any atom is 0.338 e. The molecule has 0 fully saturated rings. The number of nitrogens with one attached hydrogen (secondary N) is 2. The Kier molecular flexibility index (Phi) is 6.53. The largest absolute Gasteiger partial charge is 0.482 e. The molecular weight excluding hydrogens is 484 g/mol. The number of carbonyl (C=O) groups is 3. The highest BCUT2D eigenvalue weighted by molar-refractivity contribution is 7.92. The lowest BCUT2D eigenvalue weighted by molar-refractivity contribution is -0.118. The van der Waals surface area contributed by atoms with E-state index in [0.717, 1.165) is 6.07 Å². The second kappa shape index (κ2) is 9.54. The summed E-state index contributed by atoms with van der Waals surface area (Å²) in [5.41, 5.74) is 0.813. The zero-order valence-electron chi connectivity index (χ0n) is 17.4. The molecule has 0 spiro atoms. The van der Waals surface area contributed by atoms with Gasteiger partial charge in [0.1, 0.15) is 5.75 Å². The Morgan fingerprint density at radius 1 is 1.03 bits per heavy atom. The number of esters is 1. The zero-order chi connectivity index (χ0) is 24.3. The van der Waals surface area contributed by atoms with Crippen LogP contribution in [0.2, 0.25) is 5.02 Å². The number of rotatable bonds is 7. The molecule has 2 N–H and O–H groups in total. The lowest BCUT2D eigenvalue weighted by atomic mass is 10.1. The Labute approximate surface area is 199 Å². The molecule has 0 saturated heterocycles. The molecule has 0 unspecified atom stereocenters. The SMILES string of the molecule is O=C1COc2ccc(C(=O)COC(=O)c3cccc(S(=O)(=O)Nc4ccc(Cl)cc4)c3)cc2N1. The summed E-state index contributed by atoms with van der Waals surface area (Å²) in [6, 6.07) is 15.8. The molecule has 174 valence electrons. The Morgan fingerprint density at radius 3 is 2.56 bits per heavy atom. The second-order valence-corrected chi connectivity index (χ2v) is 9.31. The van der Waals surface area contributed by atoms with Gasteiger partial charge in [0.25, 0.3) is 15.9 Å². The van der Waals surface area contributed by atoms with Gasteiger partial charge in [-0.2, -0.15) is 0 Å². The maximum atomic E-state index is 12.7. The third-order valence-electron chi connectivity index (χ3n) is 4.75. The zero-order valence-corrected chi connectivity index (χ0v) is 19.0. The molecule has 1 aliphatic heterocycles. The van der Waals surface area contributed by atoms with Gasteiger partial charge in [-0.3, -0.25) is 14.3 Å². The summed E-state index contributed by atoms with van der Waals surface area (Å²) in [7, 11) is -3.98. The molecule has 0 saturated carbocycles. The summed E-state index contributed by atoms with van der Waals surface area (Å²) in [4.78, 5) is 36.2. The van der Waals surface area contributed by atoms with E-state index in [4.69, 9.17) is 21.1 Å². The van der Waals surface area contributed by atoms with Gasteiger partial charge in [0.2, 0.25) is 0 Å². The molecule has 3 aromatic rings. The van der Waals surface area contributed by atoms with Gasteiger partial charge >= 0.3 is 5.97 Å². The summed E-state index contributed by atoms with van der Waals surface area (Å²) in [6.45, 7) is -0.686. The summed E-state index contributed by atoms with van der Waals surface area (Å²) in [5, 5.41) is 3.05. The third kappa shape index (κ3) is 5.36. The molecule has 0 aromatic heterocycles. The van der Waals surface area contributed by atoms with Crippen LogP contribution in [-0.2, 0) is 19.6 Å². The van der Waals surface area contributed by atoms with Gasteiger partial charge in [-0.25, -0.2) is 13.2 Å². The Balaban J connectivity index is 1.42. The fraction of sp³-hybridized carbons (Fsp3) is 0.0870. The minimum absolute atomic E-state index is 0.0436. The summed E-state index contributed by atoms with van der Waals surface area (Å²) in [6.07, 6.45) is 0. The van der Waals surface area contributed by atoms with Crippen LogP contribution in [0.15, 0.2) is 71.6 Å². The van der Waals surface area contributed by atoms with Crippen molar-refractivity contribution < 1.29 is 32.3 Å². The highest BCUT2D eigenvalue weighted by atomic mass is 35.5. The molecular formula is C23H17ClN2O7S. The van der Waals surface area contributed by atoms with E-state index in [9.17, 15) is 22.8 Å². The maximum absolute atomic E-state index is 12.7. The molecule has 11 heteroatoms. The van der Waals surface area contributed by atoms with Crippen molar-refractivity contribution in [2.75, 3.05) is 23.3 Å². The molecule has 4 rings (SSSR count). The van der Waals surface area contributed by atoms with Crippen LogP contribution in [0.25, 0.3) is 0 Å². The summed E-state index contributed by atoms with van der Waals surface area (Å²) >= 11 is 5.81. The first-order valence-electron chi connectivity index (χ1n) is 9.87. The fourth-order valence-corrected chi connectivity index (χ4v) is 4.31. The van der Waals surface area contributed by atoms with Gasteiger partial charge in [0, 0.05) is 16.3 Å². The predicted molar refractivity (Wildman–Crippen MR) is 124 cm³/mol. The molecule has 0 radical (unpaired) electrons. The van der Waals surface area contributed by atoms with E-state index in [1.54, 1.807) is 0 Å². The number of ether oxygens (including phenoxy) is 2. The molecule has 1 heterocycles. The van der Waals surface area contributed by atoms with Gasteiger partial charge in [0.05, 0.1) is 16.1 Å². The quantitative estimate of drug-likeness (QED) is 0.375. The van der Waals surface area contributed by atoms with Crippen LogP contribution in [0.5, 0.6) is 5.75 Å². The first kappa shape index (κ1) is 23.3.